The first kappa shape index (κ1) is 14.4. The number of hydrogen-bond donors (Lipinski definition) is 2. The molecule has 0 aromatic heterocycles. The third-order valence-electron chi connectivity index (χ3n) is 2.74. The van der Waals surface area contributed by atoms with Gasteiger partial charge in [0.15, 0.2) is 5.78 Å². The predicted molar refractivity (Wildman–Crippen MR) is 72.6 cm³/mol. The summed E-state index contributed by atoms with van der Waals surface area (Å²) in [6, 6.07) is 6.37. The summed E-state index contributed by atoms with van der Waals surface area (Å²) in [5, 5.41) is 2.73. The van der Waals surface area contributed by atoms with Crippen LogP contribution < -0.4 is 11.1 Å². The monoisotopic (exact) mass is 248 g/mol. The van der Waals surface area contributed by atoms with Crippen molar-refractivity contribution >= 4 is 17.4 Å². The number of unbranched alkanes of at least 4 members (excludes halogenated alkanes) is 1. The van der Waals surface area contributed by atoms with Gasteiger partial charge < -0.3 is 11.1 Å². The van der Waals surface area contributed by atoms with Gasteiger partial charge in [0.25, 0.3) is 0 Å². The average molecular weight is 248 g/mol. The summed E-state index contributed by atoms with van der Waals surface area (Å²) in [7, 11) is 0. The molecule has 98 valence electrons. The molecule has 0 aliphatic carbocycles. The Hall–Kier alpha value is -1.68. The van der Waals surface area contributed by atoms with Gasteiger partial charge in [-0.1, -0.05) is 31.9 Å². The standard InChI is InChI=1S/C14H20N2O2/c1-3-4-8-13(15)14(18)16-12-7-5-6-11(9-12)10(2)17/h5-7,9,13H,3-4,8,15H2,1-2H3,(H,16,18). The van der Waals surface area contributed by atoms with Gasteiger partial charge in [-0.15, -0.1) is 0 Å². The molecule has 1 aromatic carbocycles. The number of hydrogen-bond acceptors (Lipinski definition) is 3. The lowest BCUT2D eigenvalue weighted by atomic mass is 10.1. The summed E-state index contributed by atoms with van der Waals surface area (Å²) in [4.78, 5) is 23.0. The Morgan fingerprint density at radius 3 is 2.72 bits per heavy atom. The molecule has 3 N–H and O–H groups in total. The summed E-state index contributed by atoms with van der Waals surface area (Å²) in [5.41, 5.74) is 6.96. The summed E-state index contributed by atoms with van der Waals surface area (Å²) in [6.45, 7) is 3.55. The van der Waals surface area contributed by atoms with Crippen LogP contribution in [0.25, 0.3) is 0 Å². The van der Waals surface area contributed by atoms with Crippen LogP contribution in [0.4, 0.5) is 5.69 Å². The van der Waals surface area contributed by atoms with Crippen molar-refractivity contribution in [1.29, 1.82) is 0 Å². The molecule has 1 unspecified atom stereocenters. The van der Waals surface area contributed by atoms with E-state index in [9.17, 15) is 9.59 Å². The maximum atomic E-state index is 11.8. The van der Waals surface area contributed by atoms with Crippen molar-refractivity contribution in [1.82, 2.24) is 0 Å². The predicted octanol–water partition coefficient (Wildman–Crippen LogP) is 2.35. The maximum absolute atomic E-state index is 11.8. The first-order valence-corrected chi connectivity index (χ1v) is 6.22. The van der Waals surface area contributed by atoms with Crippen LogP contribution in [0.5, 0.6) is 0 Å². The maximum Gasteiger partial charge on any atom is 0.241 e. The van der Waals surface area contributed by atoms with Crippen LogP contribution >= 0.6 is 0 Å². The number of rotatable bonds is 6. The van der Waals surface area contributed by atoms with Crippen molar-refractivity contribution in [2.24, 2.45) is 5.73 Å². The van der Waals surface area contributed by atoms with Gasteiger partial charge in [0.1, 0.15) is 0 Å². The molecule has 0 bridgehead atoms. The molecule has 0 spiro atoms. The fourth-order valence-electron chi connectivity index (χ4n) is 1.61. The van der Waals surface area contributed by atoms with Crippen molar-refractivity contribution in [3.63, 3.8) is 0 Å². The van der Waals surface area contributed by atoms with E-state index in [4.69, 9.17) is 5.73 Å². The highest BCUT2D eigenvalue weighted by Crippen LogP contribution is 2.12. The SMILES string of the molecule is CCCCC(N)C(=O)Nc1cccc(C(C)=O)c1. The van der Waals surface area contributed by atoms with Crippen LogP contribution in [0.2, 0.25) is 0 Å². The Morgan fingerprint density at radius 2 is 2.11 bits per heavy atom. The van der Waals surface area contributed by atoms with Crippen molar-refractivity contribution < 1.29 is 9.59 Å². The minimum Gasteiger partial charge on any atom is -0.325 e. The average Bonchev–Trinajstić information content (AvgIpc) is 2.36. The van der Waals surface area contributed by atoms with Crippen LogP contribution in [0, 0.1) is 0 Å². The zero-order valence-electron chi connectivity index (χ0n) is 10.9. The molecule has 1 rings (SSSR count). The van der Waals surface area contributed by atoms with Gasteiger partial charge in [0, 0.05) is 11.3 Å². The second-order valence-corrected chi connectivity index (χ2v) is 4.37. The quantitative estimate of drug-likeness (QED) is 0.759. The molecule has 0 aliphatic heterocycles. The van der Waals surface area contributed by atoms with E-state index in [0.717, 1.165) is 12.8 Å². The van der Waals surface area contributed by atoms with Gasteiger partial charge in [-0.05, 0) is 25.5 Å². The summed E-state index contributed by atoms with van der Waals surface area (Å²) in [5.74, 6) is -0.231. The topological polar surface area (TPSA) is 72.2 Å². The highest BCUT2D eigenvalue weighted by atomic mass is 16.2. The number of nitrogens with two attached hydrogens (primary N) is 1. The molecule has 18 heavy (non-hydrogen) atoms. The lowest BCUT2D eigenvalue weighted by molar-refractivity contribution is -0.117. The van der Waals surface area contributed by atoms with E-state index in [1.165, 1.54) is 6.92 Å². The number of benzene rings is 1. The largest absolute Gasteiger partial charge is 0.325 e. The number of Topliss-reactive ketones (excluding diaryl/α,β-unsaturated/α-hetero) is 1. The van der Waals surface area contributed by atoms with E-state index in [1.807, 2.05) is 0 Å². The zero-order valence-corrected chi connectivity index (χ0v) is 10.9. The summed E-state index contributed by atoms with van der Waals surface area (Å²) < 4.78 is 0. The molecule has 1 amide bonds. The Kier molecular flexibility index (Phi) is 5.52. The number of carbonyl (C=O) groups is 2. The van der Waals surface area contributed by atoms with Crippen LogP contribution in [-0.4, -0.2) is 17.7 Å². The third-order valence-corrected chi connectivity index (χ3v) is 2.74. The van der Waals surface area contributed by atoms with Gasteiger partial charge in [-0.25, -0.2) is 0 Å². The van der Waals surface area contributed by atoms with Gasteiger partial charge >= 0.3 is 0 Å². The van der Waals surface area contributed by atoms with E-state index in [-0.39, 0.29) is 11.7 Å². The number of carbonyl (C=O) groups excluding carboxylic acids is 2. The van der Waals surface area contributed by atoms with Gasteiger partial charge in [-0.3, -0.25) is 9.59 Å². The minimum absolute atomic E-state index is 0.0265. The smallest absolute Gasteiger partial charge is 0.241 e. The Morgan fingerprint density at radius 1 is 1.39 bits per heavy atom. The lowest BCUT2D eigenvalue weighted by Crippen LogP contribution is -2.35. The third kappa shape index (κ3) is 4.30. The normalized spacial score (nSPS) is 11.9. The molecule has 0 heterocycles. The molecular weight excluding hydrogens is 228 g/mol. The Bertz CT molecular complexity index is 430. The molecule has 0 radical (unpaired) electrons. The summed E-state index contributed by atoms with van der Waals surface area (Å²) in [6.07, 6.45) is 2.62. The van der Waals surface area contributed by atoms with E-state index in [2.05, 4.69) is 12.2 Å². The van der Waals surface area contributed by atoms with Crippen molar-refractivity contribution in [3.8, 4) is 0 Å². The van der Waals surface area contributed by atoms with E-state index >= 15 is 0 Å². The molecule has 0 saturated heterocycles. The first-order chi connectivity index (χ1) is 8.54. The van der Waals surface area contributed by atoms with Crippen LogP contribution in [0.3, 0.4) is 0 Å². The first-order valence-electron chi connectivity index (χ1n) is 6.22. The number of nitrogens with one attached hydrogen (secondary N) is 1. The minimum atomic E-state index is -0.495. The summed E-state index contributed by atoms with van der Waals surface area (Å²) >= 11 is 0. The highest BCUT2D eigenvalue weighted by Gasteiger charge is 2.13. The number of ketones is 1. The number of amides is 1. The van der Waals surface area contributed by atoms with Crippen LogP contribution in [0.1, 0.15) is 43.5 Å². The van der Waals surface area contributed by atoms with Crippen LogP contribution in [0.15, 0.2) is 24.3 Å². The van der Waals surface area contributed by atoms with E-state index in [0.29, 0.717) is 17.7 Å². The van der Waals surface area contributed by atoms with Gasteiger partial charge in [-0.2, -0.15) is 0 Å². The van der Waals surface area contributed by atoms with Crippen molar-refractivity contribution in [2.75, 3.05) is 5.32 Å². The number of anilines is 1. The fraction of sp³-hybridized carbons (Fsp3) is 0.429. The van der Waals surface area contributed by atoms with Crippen molar-refractivity contribution in [2.45, 2.75) is 39.2 Å². The van der Waals surface area contributed by atoms with E-state index < -0.39 is 6.04 Å². The molecule has 4 nitrogen and oxygen atoms in total. The fourth-order valence-corrected chi connectivity index (χ4v) is 1.61. The van der Waals surface area contributed by atoms with E-state index in [1.54, 1.807) is 24.3 Å². The molecule has 0 saturated carbocycles. The molecule has 0 fully saturated rings. The van der Waals surface area contributed by atoms with Gasteiger partial charge in [0.2, 0.25) is 5.91 Å². The Balaban J connectivity index is 2.64. The second kappa shape index (κ2) is 6.91. The molecular formula is C14H20N2O2. The molecule has 1 aromatic rings. The lowest BCUT2D eigenvalue weighted by Gasteiger charge is -2.12. The molecule has 4 heteroatoms. The Labute approximate surface area is 108 Å². The second-order valence-electron chi connectivity index (χ2n) is 4.37. The van der Waals surface area contributed by atoms with Crippen molar-refractivity contribution in [3.05, 3.63) is 29.8 Å². The molecule has 1 atom stereocenters. The zero-order chi connectivity index (χ0) is 13.5. The van der Waals surface area contributed by atoms with Gasteiger partial charge in [0.05, 0.1) is 6.04 Å². The molecule has 0 aliphatic rings. The highest BCUT2D eigenvalue weighted by molar-refractivity contribution is 5.98. The van der Waals surface area contributed by atoms with Crippen LogP contribution in [-0.2, 0) is 4.79 Å².